The van der Waals surface area contributed by atoms with Gasteiger partial charge in [0.2, 0.25) is 0 Å². The highest BCUT2D eigenvalue weighted by Gasteiger charge is 2.26. The van der Waals surface area contributed by atoms with Gasteiger partial charge in [0.05, 0.1) is 5.41 Å². The molecule has 3 N–H and O–H groups in total. The van der Waals surface area contributed by atoms with E-state index >= 15 is 0 Å². The fourth-order valence-electron chi connectivity index (χ4n) is 0.635. The minimum atomic E-state index is -0.786. The van der Waals surface area contributed by atoms with Crippen molar-refractivity contribution in [3.63, 3.8) is 0 Å². The van der Waals surface area contributed by atoms with Crippen LogP contribution in [0.3, 0.4) is 0 Å². The molecule has 0 unspecified atom stereocenters. The van der Waals surface area contributed by atoms with Crippen molar-refractivity contribution < 1.29 is 9.90 Å². The number of hydrogen-bond acceptors (Lipinski definition) is 3. The molecular weight excluding hydrogens is 168 g/mol. The molecule has 0 heterocycles. The van der Waals surface area contributed by atoms with Gasteiger partial charge in [-0.2, -0.15) is 0 Å². The summed E-state index contributed by atoms with van der Waals surface area (Å²) in [5, 5.41) is 8.78. The van der Waals surface area contributed by atoms with Crippen LogP contribution in [0.5, 0.6) is 0 Å². The second-order valence-electron chi connectivity index (χ2n) is 4.32. The second kappa shape index (κ2) is 5.19. The normalized spacial score (nSPS) is 12.1. The van der Waals surface area contributed by atoms with Gasteiger partial charge >= 0.3 is 5.97 Å². The molecule has 0 saturated heterocycles. The predicted molar refractivity (Wildman–Crippen MR) is 52.3 cm³/mol. The highest BCUT2D eigenvalue weighted by molar-refractivity contribution is 5.73. The van der Waals surface area contributed by atoms with Crippen LogP contribution in [0.4, 0.5) is 0 Å². The third-order valence-electron chi connectivity index (χ3n) is 1.74. The number of hydrazine groups is 1. The zero-order chi connectivity index (χ0) is 10.5. The van der Waals surface area contributed by atoms with E-state index in [1.165, 1.54) is 0 Å². The average Bonchev–Trinajstić information content (AvgIpc) is 1.97. The number of carboxylic acids is 1. The monoisotopic (exact) mass is 188 g/mol. The molecule has 0 aromatic carbocycles. The van der Waals surface area contributed by atoms with Crippen molar-refractivity contribution in [3.8, 4) is 0 Å². The molecule has 0 bridgehead atoms. The average molecular weight is 188 g/mol. The Morgan fingerprint density at radius 3 is 2.31 bits per heavy atom. The maximum absolute atomic E-state index is 10.7. The van der Waals surface area contributed by atoms with Crippen molar-refractivity contribution in [2.45, 2.75) is 27.7 Å². The van der Waals surface area contributed by atoms with Crippen molar-refractivity contribution in [1.82, 2.24) is 10.9 Å². The number of hydrogen-bond donors (Lipinski definition) is 3. The molecule has 0 amide bonds. The van der Waals surface area contributed by atoms with E-state index in [1.54, 1.807) is 13.8 Å². The molecule has 4 heteroatoms. The number of rotatable bonds is 6. The molecule has 0 aromatic heterocycles. The molecule has 13 heavy (non-hydrogen) atoms. The summed E-state index contributed by atoms with van der Waals surface area (Å²) < 4.78 is 0. The van der Waals surface area contributed by atoms with Gasteiger partial charge in [0.15, 0.2) is 0 Å². The lowest BCUT2D eigenvalue weighted by Gasteiger charge is -2.20. The van der Waals surface area contributed by atoms with Crippen molar-refractivity contribution in [2.75, 3.05) is 13.1 Å². The fraction of sp³-hybridized carbons (Fsp3) is 0.889. The van der Waals surface area contributed by atoms with Crippen LogP contribution < -0.4 is 10.9 Å². The van der Waals surface area contributed by atoms with Gasteiger partial charge in [0.1, 0.15) is 0 Å². The van der Waals surface area contributed by atoms with E-state index in [1.807, 2.05) is 0 Å². The minimum Gasteiger partial charge on any atom is -0.481 e. The number of carboxylic acid groups (broad SMARTS) is 1. The van der Waals surface area contributed by atoms with Gasteiger partial charge in [0.25, 0.3) is 0 Å². The lowest BCUT2D eigenvalue weighted by atomic mass is 9.94. The standard InChI is InChI=1S/C9H20N2O2/c1-7(2)5-10-11-6-9(3,4)8(12)13/h7,10-11H,5-6H2,1-4H3,(H,12,13). The maximum atomic E-state index is 10.7. The summed E-state index contributed by atoms with van der Waals surface area (Å²) in [6.45, 7) is 8.84. The summed E-state index contributed by atoms with van der Waals surface area (Å²) in [6, 6.07) is 0. The molecule has 0 aliphatic rings. The zero-order valence-electron chi connectivity index (χ0n) is 8.85. The Labute approximate surface area is 79.7 Å². The summed E-state index contributed by atoms with van der Waals surface area (Å²) in [5.74, 6) is -0.230. The van der Waals surface area contributed by atoms with Gasteiger partial charge < -0.3 is 5.11 Å². The summed E-state index contributed by atoms with van der Waals surface area (Å²) in [6.07, 6.45) is 0. The summed E-state index contributed by atoms with van der Waals surface area (Å²) >= 11 is 0. The smallest absolute Gasteiger partial charge is 0.310 e. The Balaban J connectivity index is 3.58. The second-order valence-corrected chi connectivity index (χ2v) is 4.32. The summed E-state index contributed by atoms with van der Waals surface area (Å²) in [7, 11) is 0. The molecule has 0 aromatic rings. The quantitative estimate of drug-likeness (QED) is 0.427. The van der Waals surface area contributed by atoms with Crippen LogP contribution in [0.1, 0.15) is 27.7 Å². The van der Waals surface area contributed by atoms with Crippen LogP contribution >= 0.6 is 0 Å². The Hall–Kier alpha value is -0.610. The number of carbonyl (C=O) groups is 1. The van der Waals surface area contributed by atoms with Crippen molar-refractivity contribution in [1.29, 1.82) is 0 Å². The zero-order valence-corrected chi connectivity index (χ0v) is 8.85. The third-order valence-corrected chi connectivity index (χ3v) is 1.74. The molecule has 0 saturated carbocycles. The lowest BCUT2D eigenvalue weighted by Crippen LogP contribution is -2.43. The van der Waals surface area contributed by atoms with Crippen molar-refractivity contribution in [2.24, 2.45) is 11.3 Å². The lowest BCUT2D eigenvalue weighted by molar-refractivity contribution is -0.146. The van der Waals surface area contributed by atoms with E-state index < -0.39 is 11.4 Å². The van der Waals surface area contributed by atoms with E-state index in [0.29, 0.717) is 12.5 Å². The van der Waals surface area contributed by atoms with E-state index in [-0.39, 0.29) is 0 Å². The van der Waals surface area contributed by atoms with Gasteiger partial charge in [-0.3, -0.25) is 15.6 Å². The molecule has 0 radical (unpaired) electrons. The highest BCUT2D eigenvalue weighted by Crippen LogP contribution is 2.12. The van der Waals surface area contributed by atoms with Gasteiger partial charge in [-0.05, 0) is 19.8 Å². The fourth-order valence-corrected chi connectivity index (χ4v) is 0.635. The molecule has 0 aliphatic heterocycles. The molecule has 4 nitrogen and oxygen atoms in total. The Bertz CT molecular complexity index is 167. The predicted octanol–water partition coefficient (Wildman–Crippen LogP) is 0.847. The third kappa shape index (κ3) is 5.60. The molecule has 0 atom stereocenters. The van der Waals surface area contributed by atoms with Crippen LogP contribution in [-0.2, 0) is 4.79 Å². The first-order chi connectivity index (χ1) is 5.86. The van der Waals surface area contributed by atoms with Crippen LogP contribution in [0.2, 0.25) is 0 Å². The molecule has 0 rings (SSSR count). The number of nitrogens with one attached hydrogen (secondary N) is 2. The van der Waals surface area contributed by atoms with Gasteiger partial charge in [0, 0.05) is 13.1 Å². The van der Waals surface area contributed by atoms with Crippen LogP contribution in [0, 0.1) is 11.3 Å². The highest BCUT2D eigenvalue weighted by atomic mass is 16.4. The van der Waals surface area contributed by atoms with Crippen LogP contribution in [0.15, 0.2) is 0 Å². The first-order valence-electron chi connectivity index (χ1n) is 4.55. The molecule has 78 valence electrons. The Morgan fingerprint density at radius 2 is 1.92 bits per heavy atom. The number of aliphatic carboxylic acids is 1. The summed E-state index contributed by atoms with van der Waals surface area (Å²) in [5.41, 5.74) is 5.17. The largest absolute Gasteiger partial charge is 0.481 e. The topological polar surface area (TPSA) is 61.4 Å². The van der Waals surface area contributed by atoms with Gasteiger partial charge in [-0.1, -0.05) is 13.8 Å². The van der Waals surface area contributed by atoms with E-state index in [9.17, 15) is 4.79 Å². The summed E-state index contributed by atoms with van der Waals surface area (Å²) in [4.78, 5) is 10.7. The molecule has 0 spiro atoms. The van der Waals surface area contributed by atoms with Gasteiger partial charge in [-0.15, -0.1) is 0 Å². The SMILES string of the molecule is CC(C)CNNCC(C)(C)C(=O)O. The van der Waals surface area contributed by atoms with Crippen molar-refractivity contribution in [3.05, 3.63) is 0 Å². The van der Waals surface area contributed by atoms with Crippen molar-refractivity contribution >= 4 is 5.97 Å². The van der Waals surface area contributed by atoms with E-state index in [2.05, 4.69) is 24.7 Å². The Morgan fingerprint density at radius 1 is 1.38 bits per heavy atom. The van der Waals surface area contributed by atoms with Crippen LogP contribution in [-0.4, -0.2) is 24.2 Å². The van der Waals surface area contributed by atoms with E-state index in [0.717, 1.165) is 6.54 Å². The molecule has 0 aliphatic carbocycles. The first kappa shape index (κ1) is 12.4. The Kier molecular flexibility index (Phi) is 4.95. The molecule has 0 fully saturated rings. The van der Waals surface area contributed by atoms with Gasteiger partial charge in [-0.25, -0.2) is 0 Å². The molecular formula is C9H20N2O2. The minimum absolute atomic E-state index is 0.426. The first-order valence-corrected chi connectivity index (χ1v) is 4.55. The van der Waals surface area contributed by atoms with Crippen LogP contribution in [0.25, 0.3) is 0 Å². The maximum Gasteiger partial charge on any atom is 0.310 e. The van der Waals surface area contributed by atoms with E-state index in [4.69, 9.17) is 5.11 Å².